The highest BCUT2D eigenvalue weighted by atomic mass is 32.2. The highest BCUT2D eigenvalue weighted by Crippen LogP contribution is 2.30. The number of aromatic amines is 1. The van der Waals surface area contributed by atoms with Crippen LogP contribution in [0, 0.1) is 6.92 Å². The number of hydrogen-bond donors (Lipinski definition) is 4. The van der Waals surface area contributed by atoms with Gasteiger partial charge in [0.15, 0.2) is 0 Å². The summed E-state index contributed by atoms with van der Waals surface area (Å²) in [5, 5.41) is 14.5. The van der Waals surface area contributed by atoms with Gasteiger partial charge in [-0.3, -0.25) is 5.10 Å². The molecule has 0 aliphatic carbocycles. The van der Waals surface area contributed by atoms with Crippen molar-refractivity contribution in [2.45, 2.75) is 11.8 Å². The van der Waals surface area contributed by atoms with Crippen molar-refractivity contribution < 1.29 is 13.2 Å². The molecule has 0 saturated heterocycles. The third-order valence-electron chi connectivity index (χ3n) is 4.68. The fourth-order valence-electron chi connectivity index (χ4n) is 3.06. The van der Waals surface area contributed by atoms with Crippen LogP contribution in [0.15, 0.2) is 53.6 Å². The standard InChI is InChI=1S/C20H21N7O3S/c1-12-15-6-4-13(10-16(15)27-26-12)23-19-8-9-22-20(25-19)24-17-11-14(31(28,29)21-2)5-7-18(17)30-3/h4-11,21H,1-3H3,(H,26,27)(H2,22,23,24,25). The summed E-state index contributed by atoms with van der Waals surface area (Å²) in [4.78, 5) is 8.77. The maximum atomic E-state index is 12.1. The van der Waals surface area contributed by atoms with E-state index in [0.717, 1.165) is 22.3 Å². The lowest BCUT2D eigenvalue weighted by Gasteiger charge is -2.13. The minimum absolute atomic E-state index is 0.0933. The molecule has 0 bridgehead atoms. The monoisotopic (exact) mass is 439 g/mol. The summed E-state index contributed by atoms with van der Waals surface area (Å²) in [6.07, 6.45) is 1.59. The van der Waals surface area contributed by atoms with Gasteiger partial charge < -0.3 is 15.4 Å². The fourth-order valence-corrected chi connectivity index (χ4v) is 3.82. The lowest BCUT2D eigenvalue weighted by molar-refractivity contribution is 0.416. The third kappa shape index (κ3) is 4.27. The van der Waals surface area contributed by atoms with Gasteiger partial charge in [0.25, 0.3) is 0 Å². The maximum absolute atomic E-state index is 12.1. The van der Waals surface area contributed by atoms with E-state index in [1.54, 1.807) is 18.3 Å². The van der Waals surface area contributed by atoms with E-state index >= 15 is 0 Å². The average Bonchev–Trinajstić information content (AvgIpc) is 3.14. The van der Waals surface area contributed by atoms with Gasteiger partial charge in [-0.1, -0.05) is 0 Å². The van der Waals surface area contributed by atoms with Crippen LogP contribution in [-0.4, -0.2) is 42.7 Å². The topological polar surface area (TPSA) is 134 Å². The number of fused-ring (bicyclic) bond motifs is 1. The molecule has 4 rings (SSSR count). The van der Waals surface area contributed by atoms with E-state index in [1.165, 1.54) is 26.3 Å². The zero-order valence-corrected chi connectivity index (χ0v) is 17.9. The smallest absolute Gasteiger partial charge is 0.240 e. The number of anilines is 4. The van der Waals surface area contributed by atoms with E-state index in [-0.39, 0.29) is 10.8 Å². The first-order chi connectivity index (χ1) is 14.9. The molecule has 10 nitrogen and oxygen atoms in total. The van der Waals surface area contributed by atoms with Crippen molar-refractivity contribution in [1.29, 1.82) is 0 Å². The number of benzene rings is 2. The summed E-state index contributed by atoms with van der Waals surface area (Å²) >= 11 is 0. The van der Waals surface area contributed by atoms with Crippen molar-refractivity contribution in [2.24, 2.45) is 0 Å². The van der Waals surface area contributed by atoms with E-state index in [1.807, 2.05) is 25.1 Å². The van der Waals surface area contributed by atoms with E-state index in [0.29, 0.717) is 17.3 Å². The lowest BCUT2D eigenvalue weighted by atomic mass is 10.2. The summed E-state index contributed by atoms with van der Waals surface area (Å²) in [7, 11) is -0.757. The molecule has 4 N–H and O–H groups in total. The molecule has 31 heavy (non-hydrogen) atoms. The van der Waals surface area contributed by atoms with Crippen molar-refractivity contribution in [1.82, 2.24) is 24.9 Å². The zero-order valence-electron chi connectivity index (χ0n) is 17.1. The van der Waals surface area contributed by atoms with Crippen LogP contribution < -0.4 is 20.1 Å². The van der Waals surface area contributed by atoms with Gasteiger partial charge in [0, 0.05) is 17.3 Å². The van der Waals surface area contributed by atoms with Gasteiger partial charge in [-0.05, 0) is 56.4 Å². The van der Waals surface area contributed by atoms with Crippen molar-refractivity contribution in [3.8, 4) is 5.75 Å². The summed E-state index contributed by atoms with van der Waals surface area (Å²) in [6, 6.07) is 12.1. The van der Waals surface area contributed by atoms with E-state index in [2.05, 4.69) is 35.5 Å². The fraction of sp³-hybridized carbons (Fsp3) is 0.150. The number of aryl methyl sites for hydroxylation is 1. The molecule has 160 valence electrons. The van der Waals surface area contributed by atoms with Gasteiger partial charge in [0.1, 0.15) is 11.6 Å². The Balaban J connectivity index is 1.60. The highest BCUT2D eigenvalue weighted by molar-refractivity contribution is 7.89. The van der Waals surface area contributed by atoms with Crippen LogP contribution in [-0.2, 0) is 10.0 Å². The summed E-state index contributed by atoms with van der Waals surface area (Å²) in [6.45, 7) is 1.94. The second-order valence-corrected chi connectivity index (χ2v) is 8.54. The second-order valence-electron chi connectivity index (χ2n) is 6.65. The molecular weight excluding hydrogens is 418 g/mol. The number of hydrogen-bond acceptors (Lipinski definition) is 8. The Morgan fingerprint density at radius 2 is 1.90 bits per heavy atom. The number of nitrogens with zero attached hydrogens (tertiary/aromatic N) is 3. The molecule has 0 aliphatic heterocycles. The molecule has 0 saturated carbocycles. The van der Waals surface area contributed by atoms with E-state index < -0.39 is 10.0 Å². The molecule has 2 aromatic carbocycles. The summed E-state index contributed by atoms with van der Waals surface area (Å²) < 4.78 is 31.9. The Morgan fingerprint density at radius 1 is 1.06 bits per heavy atom. The molecule has 0 amide bonds. The molecule has 0 fully saturated rings. The zero-order chi connectivity index (χ0) is 22.0. The van der Waals surface area contributed by atoms with Gasteiger partial charge in [0.05, 0.1) is 28.9 Å². The Bertz CT molecular complexity index is 1350. The van der Waals surface area contributed by atoms with Gasteiger partial charge in [-0.2, -0.15) is 10.1 Å². The minimum atomic E-state index is -3.61. The maximum Gasteiger partial charge on any atom is 0.240 e. The third-order valence-corrected chi connectivity index (χ3v) is 6.09. The molecule has 11 heteroatoms. The molecule has 2 aromatic heterocycles. The van der Waals surface area contributed by atoms with Crippen molar-refractivity contribution in [3.63, 3.8) is 0 Å². The Morgan fingerprint density at radius 3 is 2.68 bits per heavy atom. The molecule has 0 radical (unpaired) electrons. The number of H-pyrrole nitrogens is 1. The molecular formula is C20H21N7O3S. The van der Waals surface area contributed by atoms with Crippen molar-refractivity contribution >= 4 is 44.1 Å². The van der Waals surface area contributed by atoms with Crippen molar-refractivity contribution in [3.05, 3.63) is 54.4 Å². The number of sulfonamides is 1. The van der Waals surface area contributed by atoms with Crippen molar-refractivity contribution in [2.75, 3.05) is 24.8 Å². The number of nitrogens with one attached hydrogen (secondary N) is 4. The SMILES string of the molecule is CNS(=O)(=O)c1ccc(OC)c(Nc2nccc(Nc3ccc4c(C)n[nH]c4c3)n2)c1. The van der Waals surface area contributed by atoms with E-state index in [9.17, 15) is 8.42 Å². The number of methoxy groups -OCH3 is 1. The molecule has 0 aliphatic rings. The molecule has 0 atom stereocenters. The van der Waals surface area contributed by atoms with Crippen LogP contribution in [0.3, 0.4) is 0 Å². The van der Waals surface area contributed by atoms with Crippen LogP contribution in [0.4, 0.5) is 23.1 Å². The van der Waals surface area contributed by atoms with Crippen LogP contribution in [0.1, 0.15) is 5.69 Å². The molecule has 0 unspecified atom stereocenters. The first kappa shape index (κ1) is 20.6. The number of rotatable bonds is 7. The normalized spacial score (nSPS) is 11.5. The average molecular weight is 440 g/mol. The van der Waals surface area contributed by atoms with Gasteiger partial charge in [0.2, 0.25) is 16.0 Å². The predicted octanol–water partition coefficient (Wildman–Crippen LogP) is 3.07. The second kappa shape index (κ2) is 8.20. The molecule has 4 aromatic rings. The van der Waals surface area contributed by atoms with Crippen LogP contribution in [0.5, 0.6) is 5.75 Å². The molecule has 0 spiro atoms. The highest BCUT2D eigenvalue weighted by Gasteiger charge is 2.15. The lowest BCUT2D eigenvalue weighted by Crippen LogP contribution is -2.18. The molecule has 2 heterocycles. The van der Waals surface area contributed by atoms with Crippen LogP contribution >= 0.6 is 0 Å². The quantitative estimate of drug-likeness (QED) is 0.345. The Hall–Kier alpha value is -3.70. The summed E-state index contributed by atoms with van der Waals surface area (Å²) in [5.74, 6) is 1.30. The van der Waals surface area contributed by atoms with E-state index in [4.69, 9.17) is 4.74 Å². The first-order valence-electron chi connectivity index (χ1n) is 9.33. The largest absolute Gasteiger partial charge is 0.495 e. The van der Waals surface area contributed by atoms with Gasteiger partial charge in [-0.15, -0.1) is 0 Å². The minimum Gasteiger partial charge on any atom is -0.495 e. The summed E-state index contributed by atoms with van der Waals surface area (Å²) in [5.41, 5.74) is 3.11. The van der Waals surface area contributed by atoms with Gasteiger partial charge in [-0.25, -0.2) is 18.1 Å². The number of aromatic nitrogens is 4. The van der Waals surface area contributed by atoms with Crippen LogP contribution in [0.2, 0.25) is 0 Å². The van der Waals surface area contributed by atoms with Gasteiger partial charge >= 0.3 is 0 Å². The Labute approximate surface area is 179 Å². The number of ether oxygens (including phenoxy) is 1. The predicted molar refractivity (Wildman–Crippen MR) is 119 cm³/mol. The Kier molecular flexibility index (Phi) is 5.44. The van der Waals surface area contributed by atoms with Crippen LogP contribution in [0.25, 0.3) is 10.9 Å². The first-order valence-corrected chi connectivity index (χ1v) is 10.8.